The molecular formula is C26H25N5O2. The molecule has 2 amide bonds. The van der Waals surface area contributed by atoms with Gasteiger partial charge in [-0.15, -0.1) is 0 Å². The van der Waals surface area contributed by atoms with Gasteiger partial charge in [-0.1, -0.05) is 59.8 Å². The molecule has 3 heterocycles. The number of rotatable bonds is 4. The molecule has 0 spiro atoms. The maximum absolute atomic E-state index is 12.7. The van der Waals surface area contributed by atoms with Crippen molar-refractivity contribution in [2.24, 2.45) is 0 Å². The third-order valence-electron chi connectivity index (χ3n) is 6.79. The number of carbonyl (C=O) groups excluding carboxylic acids is 1. The molecule has 33 heavy (non-hydrogen) atoms. The van der Waals surface area contributed by atoms with E-state index in [0.717, 1.165) is 35.7 Å². The van der Waals surface area contributed by atoms with Crippen LogP contribution in [0.3, 0.4) is 0 Å². The standard InChI is InChI=1S/C26H25N5O2/c32-26(28-22-16-21(22)17-6-2-1-3-7-17)31-14-11-19(12-15-31)25-29-24(30-33-25)23-20-9-5-4-8-18(20)10-13-27-23/h1-10,13,19,21-22H,11-12,14-16H2,(H,28,32)/t21-,22+/m0/s1. The number of amides is 2. The number of carbonyl (C=O) groups is 1. The van der Waals surface area contributed by atoms with Crippen LogP contribution in [0.25, 0.3) is 22.3 Å². The summed E-state index contributed by atoms with van der Waals surface area (Å²) in [5.74, 6) is 1.74. The number of urea groups is 1. The van der Waals surface area contributed by atoms with Crippen LogP contribution in [0.4, 0.5) is 4.79 Å². The van der Waals surface area contributed by atoms with Crippen molar-refractivity contribution in [2.45, 2.75) is 37.1 Å². The number of fused-ring (bicyclic) bond motifs is 1. The molecule has 166 valence electrons. The molecule has 0 radical (unpaired) electrons. The fourth-order valence-electron chi connectivity index (χ4n) is 4.80. The zero-order valence-corrected chi connectivity index (χ0v) is 18.2. The van der Waals surface area contributed by atoms with Gasteiger partial charge in [0.15, 0.2) is 0 Å². The second kappa shape index (κ2) is 8.31. The summed E-state index contributed by atoms with van der Waals surface area (Å²) in [5, 5.41) is 9.51. The molecule has 2 aromatic heterocycles. The monoisotopic (exact) mass is 439 g/mol. The highest BCUT2D eigenvalue weighted by Crippen LogP contribution is 2.41. The molecule has 2 aliphatic rings. The molecule has 1 N–H and O–H groups in total. The minimum absolute atomic E-state index is 0.0306. The Hall–Kier alpha value is -3.74. The van der Waals surface area contributed by atoms with Crippen molar-refractivity contribution in [3.8, 4) is 11.5 Å². The van der Waals surface area contributed by atoms with Crippen LogP contribution in [0.5, 0.6) is 0 Å². The molecule has 1 aliphatic carbocycles. The minimum Gasteiger partial charge on any atom is -0.339 e. The van der Waals surface area contributed by atoms with Crippen LogP contribution in [0.2, 0.25) is 0 Å². The van der Waals surface area contributed by atoms with Gasteiger partial charge in [-0.25, -0.2) is 4.79 Å². The summed E-state index contributed by atoms with van der Waals surface area (Å²) < 4.78 is 5.62. The largest absolute Gasteiger partial charge is 0.339 e. The van der Waals surface area contributed by atoms with Crippen LogP contribution >= 0.6 is 0 Å². The molecule has 0 bridgehead atoms. The van der Waals surface area contributed by atoms with E-state index < -0.39 is 0 Å². The SMILES string of the molecule is O=C(N[C@@H]1C[C@H]1c1ccccc1)N1CCC(c2nc(-c3nccc4ccccc34)no2)CC1. The Morgan fingerprint density at radius 3 is 2.64 bits per heavy atom. The number of nitrogens with zero attached hydrogens (tertiary/aromatic N) is 4. The lowest BCUT2D eigenvalue weighted by Gasteiger charge is -2.30. The molecule has 2 aromatic carbocycles. The van der Waals surface area contributed by atoms with E-state index in [1.807, 2.05) is 41.3 Å². The molecule has 6 rings (SSSR count). The molecule has 4 aromatic rings. The summed E-state index contributed by atoms with van der Waals surface area (Å²) in [4.78, 5) is 23.8. The zero-order chi connectivity index (χ0) is 22.2. The van der Waals surface area contributed by atoms with Gasteiger partial charge in [0.1, 0.15) is 5.69 Å². The van der Waals surface area contributed by atoms with Crippen molar-refractivity contribution in [2.75, 3.05) is 13.1 Å². The fourth-order valence-corrected chi connectivity index (χ4v) is 4.80. The predicted molar refractivity (Wildman–Crippen MR) is 125 cm³/mol. The van der Waals surface area contributed by atoms with Gasteiger partial charge in [-0.3, -0.25) is 4.98 Å². The number of hydrogen-bond acceptors (Lipinski definition) is 5. The highest BCUT2D eigenvalue weighted by atomic mass is 16.5. The van der Waals surface area contributed by atoms with Crippen molar-refractivity contribution >= 4 is 16.8 Å². The van der Waals surface area contributed by atoms with E-state index in [1.54, 1.807) is 6.20 Å². The number of hydrogen-bond donors (Lipinski definition) is 1. The summed E-state index contributed by atoms with van der Waals surface area (Å²) in [7, 11) is 0. The molecule has 7 nitrogen and oxygen atoms in total. The van der Waals surface area contributed by atoms with E-state index in [2.05, 4.69) is 44.7 Å². The van der Waals surface area contributed by atoms with Crippen LogP contribution in [0.1, 0.15) is 42.6 Å². The molecular weight excluding hydrogens is 414 g/mol. The number of likely N-dealkylation sites (tertiary alicyclic amines) is 1. The van der Waals surface area contributed by atoms with E-state index in [-0.39, 0.29) is 18.0 Å². The Morgan fingerprint density at radius 2 is 1.79 bits per heavy atom. The van der Waals surface area contributed by atoms with Gasteiger partial charge in [0.05, 0.1) is 0 Å². The van der Waals surface area contributed by atoms with Gasteiger partial charge in [0.25, 0.3) is 0 Å². The van der Waals surface area contributed by atoms with Gasteiger partial charge in [-0.05, 0) is 36.3 Å². The molecule has 1 saturated carbocycles. The van der Waals surface area contributed by atoms with Crippen molar-refractivity contribution in [1.82, 2.24) is 25.3 Å². The summed E-state index contributed by atoms with van der Waals surface area (Å²) in [5.41, 5.74) is 2.03. The highest BCUT2D eigenvalue weighted by Gasteiger charge is 2.40. The van der Waals surface area contributed by atoms with Crippen molar-refractivity contribution in [3.63, 3.8) is 0 Å². The summed E-state index contributed by atoms with van der Waals surface area (Å²) in [6.45, 7) is 1.37. The second-order valence-corrected chi connectivity index (χ2v) is 8.91. The van der Waals surface area contributed by atoms with Gasteiger partial charge in [-0.2, -0.15) is 4.98 Å². The molecule has 2 atom stereocenters. The lowest BCUT2D eigenvalue weighted by molar-refractivity contribution is 0.174. The van der Waals surface area contributed by atoms with E-state index in [0.29, 0.717) is 30.7 Å². The maximum Gasteiger partial charge on any atom is 0.317 e. The van der Waals surface area contributed by atoms with Gasteiger partial charge in [0, 0.05) is 42.6 Å². The highest BCUT2D eigenvalue weighted by molar-refractivity contribution is 5.92. The topological polar surface area (TPSA) is 84.2 Å². The van der Waals surface area contributed by atoms with E-state index >= 15 is 0 Å². The lowest BCUT2D eigenvalue weighted by Crippen LogP contribution is -2.45. The zero-order valence-electron chi connectivity index (χ0n) is 18.2. The molecule has 1 saturated heterocycles. The molecule has 7 heteroatoms. The first-order valence-electron chi connectivity index (χ1n) is 11.5. The predicted octanol–water partition coefficient (Wildman–Crippen LogP) is 4.73. The van der Waals surface area contributed by atoms with Crippen LogP contribution < -0.4 is 5.32 Å². The van der Waals surface area contributed by atoms with Crippen LogP contribution in [0, 0.1) is 0 Å². The minimum atomic E-state index is 0.0306. The summed E-state index contributed by atoms with van der Waals surface area (Å²) in [6.07, 6.45) is 4.40. The van der Waals surface area contributed by atoms with Gasteiger partial charge >= 0.3 is 6.03 Å². The molecule has 2 fully saturated rings. The number of piperidine rings is 1. The van der Waals surface area contributed by atoms with Crippen molar-refractivity contribution in [3.05, 3.63) is 78.3 Å². The molecule has 0 unspecified atom stereocenters. The van der Waals surface area contributed by atoms with Crippen molar-refractivity contribution < 1.29 is 9.32 Å². The number of nitrogens with one attached hydrogen (secondary N) is 1. The Bertz CT molecular complexity index is 1270. The van der Waals surface area contributed by atoms with E-state index in [9.17, 15) is 4.79 Å². The third kappa shape index (κ3) is 3.95. The van der Waals surface area contributed by atoms with Gasteiger partial charge in [0.2, 0.25) is 11.7 Å². The van der Waals surface area contributed by atoms with Crippen LogP contribution in [0.15, 0.2) is 71.4 Å². The Kier molecular flexibility index (Phi) is 5.02. The second-order valence-electron chi connectivity index (χ2n) is 8.91. The summed E-state index contributed by atoms with van der Waals surface area (Å²) in [6, 6.07) is 20.7. The number of aromatic nitrogens is 3. The Balaban J connectivity index is 1.07. The Morgan fingerprint density at radius 1 is 1.00 bits per heavy atom. The first-order valence-corrected chi connectivity index (χ1v) is 11.5. The van der Waals surface area contributed by atoms with Gasteiger partial charge < -0.3 is 14.7 Å². The maximum atomic E-state index is 12.7. The fraction of sp³-hybridized carbons (Fsp3) is 0.308. The molecule has 1 aliphatic heterocycles. The smallest absolute Gasteiger partial charge is 0.317 e. The number of benzene rings is 2. The lowest BCUT2D eigenvalue weighted by atomic mass is 9.97. The van der Waals surface area contributed by atoms with Crippen molar-refractivity contribution in [1.29, 1.82) is 0 Å². The van der Waals surface area contributed by atoms with Crippen LogP contribution in [-0.4, -0.2) is 45.2 Å². The summed E-state index contributed by atoms with van der Waals surface area (Å²) >= 11 is 0. The average molecular weight is 440 g/mol. The normalized spacial score (nSPS) is 20.7. The number of pyridine rings is 1. The first kappa shape index (κ1) is 19.9. The quantitative estimate of drug-likeness (QED) is 0.497. The first-order chi connectivity index (χ1) is 16.3. The van der Waals surface area contributed by atoms with E-state index in [4.69, 9.17) is 4.52 Å². The Labute approximate surface area is 191 Å². The average Bonchev–Trinajstić information content (AvgIpc) is 3.46. The third-order valence-corrected chi connectivity index (χ3v) is 6.79. The van der Waals surface area contributed by atoms with Crippen LogP contribution in [-0.2, 0) is 0 Å². The van der Waals surface area contributed by atoms with E-state index in [1.165, 1.54) is 5.56 Å².